The van der Waals surface area contributed by atoms with Crippen LogP contribution in [0.2, 0.25) is 10.0 Å². The number of benzene rings is 2. The van der Waals surface area contributed by atoms with Crippen LogP contribution in [0.1, 0.15) is 5.56 Å². The number of carbonyl (C=O) groups is 1. The lowest BCUT2D eigenvalue weighted by atomic mass is 10.1. The van der Waals surface area contributed by atoms with E-state index >= 15 is 0 Å². The summed E-state index contributed by atoms with van der Waals surface area (Å²) in [6.07, 6.45) is 0.731. The van der Waals surface area contributed by atoms with E-state index in [1.807, 2.05) is 24.3 Å². The van der Waals surface area contributed by atoms with Crippen molar-refractivity contribution in [3.63, 3.8) is 0 Å². The quantitative estimate of drug-likeness (QED) is 0.746. The van der Waals surface area contributed by atoms with Gasteiger partial charge in [-0.15, -0.1) is 0 Å². The van der Waals surface area contributed by atoms with Gasteiger partial charge in [0.05, 0.1) is 10.0 Å². The van der Waals surface area contributed by atoms with E-state index in [2.05, 4.69) is 10.6 Å². The molecule has 0 saturated carbocycles. The van der Waals surface area contributed by atoms with Gasteiger partial charge in [0.1, 0.15) is 0 Å². The van der Waals surface area contributed by atoms with Gasteiger partial charge in [-0.3, -0.25) is 0 Å². The lowest BCUT2D eigenvalue weighted by Gasteiger charge is -2.08. The first kappa shape index (κ1) is 15.5. The minimum absolute atomic E-state index is 0.288. The number of nitrogens with one attached hydrogen (secondary N) is 2. The number of halogens is 2. The third-order valence-electron chi connectivity index (χ3n) is 2.86. The second kappa shape index (κ2) is 7.20. The summed E-state index contributed by atoms with van der Waals surface area (Å²) in [6.45, 7) is 0.525. The number of nitrogen functional groups attached to an aromatic ring is 1. The van der Waals surface area contributed by atoms with Crippen LogP contribution in [0.3, 0.4) is 0 Å². The molecular formula is C15H15Cl2N3O. The van der Waals surface area contributed by atoms with Gasteiger partial charge in [0, 0.05) is 17.9 Å². The molecule has 0 aliphatic carbocycles. The number of anilines is 2. The summed E-state index contributed by atoms with van der Waals surface area (Å²) in [5.41, 5.74) is 8.04. The highest BCUT2D eigenvalue weighted by molar-refractivity contribution is 6.42. The van der Waals surface area contributed by atoms with Gasteiger partial charge in [0.2, 0.25) is 0 Å². The summed E-state index contributed by atoms with van der Waals surface area (Å²) in [6, 6.07) is 12.2. The van der Waals surface area contributed by atoms with Gasteiger partial charge in [-0.25, -0.2) is 4.79 Å². The van der Waals surface area contributed by atoms with Crippen molar-refractivity contribution in [1.29, 1.82) is 0 Å². The van der Waals surface area contributed by atoms with Crippen molar-refractivity contribution < 1.29 is 4.79 Å². The minimum atomic E-state index is -0.288. The molecule has 0 atom stereocenters. The molecule has 110 valence electrons. The van der Waals surface area contributed by atoms with Crippen LogP contribution in [-0.4, -0.2) is 12.6 Å². The monoisotopic (exact) mass is 323 g/mol. The van der Waals surface area contributed by atoms with Gasteiger partial charge in [-0.2, -0.15) is 0 Å². The lowest BCUT2D eigenvalue weighted by molar-refractivity contribution is 0.252. The van der Waals surface area contributed by atoms with Crippen molar-refractivity contribution in [2.24, 2.45) is 0 Å². The maximum atomic E-state index is 11.7. The zero-order chi connectivity index (χ0) is 15.2. The standard InChI is InChI=1S/C15H15Cl2N3O/c16-13-6-5-12(9-14(13)17)20-15(21)19-8-7-10-1-3-11(18)4-2-10/h1-6,9H,7-8,18H2,(H2,19,20,21). The molecule has 2 amide bonds. The third-order valence-corrected chi connectivity index (χ3v) is 3.60. The Hall–Kier alpha value is -1.91. The Labute approximate surface area is 133 Å². The molecule has 0 aliphatic heterocycles. The molecule has 4 nitrogen and oxygen atoms in total. The normalized spacial score (nSPS) is 10.2. The minimum Gasteiger partial charge on any atom is -0.399 e. The summed E-state index contributed by atoms with van der Waals surface area (Å²) in [7, 11) is 0. The number of hydrogen-bond acceptors (Lipinski definition) is 2. The summed E-state index contributed by atoms with van der Waals surface area (Å²) in [5.74, 6) is 0. The molecule has 0 saturated heterocycles. The Morgan fingerprint density at radius 3 is 2.43 bits per heavy atom. The summed E-state index contributed by atoms with van der Waals surface area (Å²) >= 11 is 11.7. The van der Waals surface area contributed by atoms with Crippen LogP contribution in [-0.2, 0) is 6.42 Å². The van der Waals surface area contributed by atoms with Crippen molar-refractivity contribution in [3.8, 4) is 0 Å². The topological polar surface area (TPSA) is 67.1 Å². The Bertz CT molecular complexity index is 629. The van der Waals surface area contributed by atoms with Crippen molar-refractivity contribution in [1.82, 2.24) is 5.32 Å². The molecule has 0 radical (unpaired) electrons. The van der Waals surface area contributed by atoms with Gasteiger partial charge in [-0.1, -0.05) is 35.3 Å². The number of amides is 2. The van der Waals surface area contributed by atoms with E-state index in [0.717, 1.165) is 17.7 Å². The zero-order valence-electron chi connectivity index (χ0n) is 11.2. The molecule has 0 bridgehead atoms. The predicted molar refractivity (Wildman–Crippen MR) is 88.0 cm³/mol. The fraction of sp³-hybridized carbons (Fsp3) is 0.133. The van der Waals surface area contributed by atoms with E-state index in [0.29, 0.717) is 22.3 Å². The van der Waals surface area contributed by atoms with Gasteiger partial charge in [0.25, 0.3) is 0 Å². The van der Waals surface area contributed by atoms with E-state index in [-0.39, 0.29) is 6.03 Å². The van der Waals surface area contributed by atoms with Crippen LogP contribution in [0, 0.1) is 0 Å². The highest BCUT2D eigenvalue weighted by Crippen LogP contribution is 2.24. The van der Waals surface area contributed by atoms with Gasteiger partial charge >= 0.3 is 6.03 Å². The number of urea groups is 1. The van der Waals surface area contributed by atoms with Crippen molar-refractivity contribution in [2.45, 2.75) is 6.42 Å². The van der Waals surface area contributed by atoms with Gasteiger partial charge in [0.15, 0.2) is 0 Å². The predicted octanol–water partition coefficient (Wildman–Crippen LogP) is 3.94. The molecule has 0 unspecified atom stereocenters. The highest BCUT2D eigenvalue weighted by Gasteiger charge is 2.04. The first-order valence-corrected chi connectivity index (χ1v) is 7.14. The number of hydrogen-bond donors (Lipinski definition) is 3. The van der Waals surface area contributed by atoms with E-state index in [9.17, 15) is 4.79 Å². The molecule has 0 aliphatic rings. The number of nitrogens with two attached hydrogens (primary N) is 1. The first-order chi connectivity index (χ1) is 10.0. The molecule has 4 N–H and O–H groups in total. The molecule has 0 aromatic heterocycles. The SMILES string of the molecule is Nc1ccc(CCNC(=O)Nc2ccc(Cl)c(Cl)c2)cc1. The Morgan fingerprint density at radius 1 is 1.05 bits per heavy atom. The Morgan fingerprint density at radius 2 is 1.76 bits per heavy atom. The summed E-state index contributed by atoms with van der Waals surface area (Å²) < 4.78 is 0. The average molecular weight is 324 g/mol. The summed E-state index contributed by atoms with van der Waals surface area (Å²) in [5, 5.41) is 6.31. The van der Waals surface area contributed by atoms with Crippen molar-refractivity contribution in [2.75, 3.05) is 17.6 Å². The highest BCUT2D eigenvalue weighted by atomic mass is 35.5. The molecule has 2 aromatic rings. The van der Waals surface area contributed by atoms with Crippen molar-refractivity contribution in [3.05, 3.63) is 58.1 Å². The maximum absolute atomic E-state index is 11.7. The third kappa shape index (κ3) is 4.85. The molecular weight excluding hydrogens is 309 g/mol. The van der Waals surface area contributed by atoms with Crippen LogP contribution in [0.5, 0.6) is 0 Å². The largest absolute Gasteiger partial charge is 0.399 e. The second-order valence-corrected chi connectivity index (χ2v) is 5.32. The molecule has 2 rings (SSSR count). The average Bonchev–Trinajstić information content (AvgIpc) is 2.45. The van der Waals surface area contributed by atoms with Gasteiger partial charge in [-0.05, 0) is 42.3 Å². The van der Waals surface area contributed by atoms with E-state index in [4.69, 9.17) is 28.9 Å². The molecule has 6 heteroatoms. The Kier molecular flexibility index (Phi) is 5.31. The van der Waals surface area contributed by atoms with E-state index < -0.39 is 0 Å². The molecule has 0 spiro atoms. The van der Waals surface area contributed by atoms with E-state index in [1.165, 1.54) is 0 Å². The molecule has 2 aromatic carbocycles. The fourth-order valence-corrected chi connectivity index (χ4v) is 2.05. The van der Waals surface area contributed by atoms with E-state index in [1.54, 1.807) is 18.2 Å². The van der Waals surface area contributed by atoms with Crippen molar-refractivity contribution >= 4 is 40.6 Å². The zero-order valence-corrected chi connectivity index (χ0v) is 12.7. The first-order valence-electron chi connectivity index (χ1n) is 6.39. The van der Waals surface area contributed by atoms with Gasteiger partial charge < -0.3 is 16.4 Å². The van der Waals surface area contributed by atoms with Crippen LogP contribution in [0.15, 0.2) is 42.5 Å². The summed E-state index contributed by atoms with van der Waals surface area (Å²) in [4.78, 5) is 11.7. The smallest absolute Gasteiger partial charge is 0.319 e. The number of carbonyl (C=O) groups excluding carboxylic acids is 1. The molecule has 21 heavy (non-hydrogen) atoms. The molecule has 0 fully saturated rings. The number of rotatable bonds is 4. The van der Waals surface area contributed by atoms with Crippen LogP contribution >= 0.6 is 23.2 Å². The molecule has 0 heterocycles. The van der Waals surface area contributed by atoms with Crippen LogP contribution < -0.4 is 16.4 Å². The maximum Gasteiger partial charge on any atom is 0.319 e. The Balaban J connectivity index is 1.79. The fourth-order valence-electron chi connectivity index (χ4n) is 1.75. The van der Waals surface area contributed by atoms with Crippen LogP contribution in [0.4, 0.5) is 16.2 Å². The lowest BCUT2D eigenvalue weighted by Crippen LogP contribution is -2.30. The van der Waals surface area contributed by atoms with Crippen LogP contribution in [0.25, 0.3) is 0 Å². The second-order valence-electron chi connectivity index (χ2n) is 4.50.